The van der Waals surface area contributed by atoms with Crippen molar-refractivity contribution in [2.24, 2.45) is 0 Å². The summed E-state index contributed by atoms with van der Waals surface area (Å²) in [6.07, 6.45) is -1.19. The van der Waals surface area contributed by atoms with Gasteiger partial charge in [-0.3, -0.25) is 0 Å². The van der Waals surface area contributed by atoms with Gasteiger partial charge in [0.25, 0.3) is 5.92 Å². The molecule has 37 heavy (non-hydrogen) atoms. The maximum atomic E-state index is 13.1. The lowest BCUT2D eigenvalue weighted by Crippen LogP contribution is -2.32. The van der Waals surface area contributed by atoms with Crippen LogP contribution in [0.15, 0.2) is 49.4 Å². The average molecular weight is 515 g/mol. The van der Waals surface area contributed by atoms with E-state index < -0.39 is 24.2 Å². The van der Waals surface area contributed by atoms with Crippen LogP contribution in [0.1, 0.15) is 34.9 Å². The van der Waals surface area contributed by atoms with Gasteiger partial charge in [0.2, 0.25) is 0 Å². The molecular weight excluding hydrogens is 493 g/mol. The molecule has 0 radical (unpaired) electrons. The van der Waals surface area contributed by atoms with Gasteiger partial charge in [0, 0.05) is 36.5 Å². The third-order valence-electron chi connectivity index (χ3n) is 5.76. The molecule has 0 amide bonds. The first-order chi connectivity index (χ1) is 17.4. The number of aromatic nitrogens is 3. The van der Waals surface area contributed by atoms with Gasteiger partial charge in [-0.2, -0.15) is 18.4 Å². The number of anilines is 3. The van der Waals surface area contributed by atoms with Gasteiger partial charge >= 0.3 is 6.18 Å². The first kappa shape index (κ1) is 25.8. The lowest BCUT2D eigenvalue weighted by molar-refractivity contribution is -0.137. The van der Waals surface area contributed by atoms with Crippen molar-refractivity contribution in [3.8, 4) is 6.07 Å². The van der Waals surface area contributed by atoms with Gasteiger partial charge in [-0.15, -0.1) is 0 Å². The summed E-state index contributed by atoms with van der Waals surface area (Å²) in [5, 5.41) is 15.1. The van der Waals surface area contributed by atoms with Gasteiger partial charge in [0.05, 0.1) is 35.6 Å². The van der Waals surface area contributed by atoms with E-state index in [0.717, 1.165) is 24.6 Å². The van der Waals surface area contributed by atoms with Crippen molar-refractivity contribution in [3.63, 3.8) is 0 Å². The number of hydrogen-bond donors (Lipinski definition) is 2. The molecule has 0 fully saturated rings. The Labute approximate surface area is 209 Å². The normalized spacial score (nSPS) is 13.5. The molecule has 0 atom stereocenters. The molecule has 12 heteroatoms. The smallest absolute Gasteiger partial charge is 0.379 e. The number of halogens is 5. The molecule has 3 aromatic rings. The van der Waals surface area contributed by atoms with Crippen LogP contribution in [0.3, 0.4) is 0 Å². The van der Waals surface area contributed by atoms with Gasteiger partial charge in [0.15, 0.2) is 0 Å². The largest absolute Gasteiger partial charge is 0.416 e. The zero-order chi connectivity index (χ0) is 26.8. The lowest BCUT2D eigenvalue weighted by atomic mass is 10.0. The molecule has 0 aliphatic carbocycles. The molecule has 1 aliphatic heterocycles. The van der Waals surface area contributed by atoms with E-state index in [1.165, 1.54) is 18.6 Å². The Hall–Kier alpha value is -4.27. The number of pyridine rings is 1. The molecule has 1 aromatic carbocycles. The summed E-state index contributed by atoms with van der Waals surface area (Å²) >= 11 is 0. The van der Waals surface area contributed by atoms with Crippen LogP contribution in [0.5, 0.6) is 0 Å². The summed E-state index contributed by atoms with van der Waals surface area (Å²) in [6, 6.07) is 8.33. The second kappa shape index (κ2) is 10.0. The summed E-state index contributed by atoms with van der Waals surface area (Å²) in [7, 11) is 0. The summed E-state index contributed by atoms with van der Waals surface area (Å²) in [4.78, 5) is 14.7. The number of rotatable bonds is 7. The van der Waals surface area contributed by atoms with E-state index in [0.29, 0.717) is 47.2 Å². The Morgan fingerprint density at radius 2 is 1.92 bits per heavy atom. The number of alkyl halides is 5. The van der Waals surface area contributed by atoms with Crippen LogP contribution >= 0.6 is 0 Å². The number of nitrogens with zero attached hydrogens (tertiary/aromatic N) is 5. The van der Waals surface area contributed by atoms with Gasteiger partial charge in [-0.25, -0.2) is 23.7 Å². The third kappa shape index (κ3) is 6.11. The summed E-state index contributed by atoms with van der Waals surface area (Å²) in [5.74, 6) is -1.88. The highest BCUT2D eigenvalue weighted by molar-refractivity contribution is 5.65. The van der Waals surface area contributed by atoms with E-state index in [1.54, 1.807) is 12.1 Å². The highest BCUT2D eigenvalue weighted by Gasteiger charge is 2.32. The molecule has 7 nitrogen and oxygen atoms in total. The second-order valence-electron chi connectivity index (χ2n) is 8.62. The van der Waals surface area contributed by atoms with Crippen LogP contribution in [-0.4, -0.2) is 34.0 Å². The molecule has 0 saturated carbocycles. The second-order valence-corrected chi connectivity index (χ2v) is 8.62. The van der Waals surface area contributed by atoms with Crippen LogP contribution in [-0.2, 0) is 19.1 Å². The Morgan fingerprint density at radius 3 is 2.57 bits per heavy atom. The number of fused-ring (bicyclic) bond motifs is 1. The van der Waals surface area contributed by atoms with Crippen molar-refractivity contribution in [1.29, 1.82) is 5.26 Å². The van der Waals surface area contributed by atoms with Gasteiger partial charge in [-0.1, -0.05) is 6.58 Å². The fourth-order valence-electron chi connectivity index (χ4n) is 3.88. The molecule has 0 saturated heterocycles. The van der Waals surface area contributed by atoms with Crippen molar-refractivity contribution in [2.45, 2.75) is 32.0 Å². The molecule has 0 unspecified atom stereocenters. The van der Waals surface area contributed by atoms with Crippen LogP contribution in [0.25, 0.3) is 5.70 Å². The van der Waals surface area contributed by atoms with E-state index >= 15 is 0 Å². The lowest BCUT2D eigenvalue weighted by Gasteiger charge is -2.31. The maximum Gasteiger partial charge on any atom is 0.416 e. The van der Waals surface area contributed by atoms with Gasteiger partial charge in [-0.05, 0) is 36.8 Å². The number of nitriles is 1. The molecule has 3 heterocycles. The predicted octanol–water partition coefficient (Wildman–Crippen LogP) is 5.28. The van der Waals surface area contributed by atoms with Crippen molar-refractivity contribution in [1.82, 2.24) is 20.3 Å². The fourth-order valence-corrected chi connectivity index (χ4v) is 3.88. The zero-order valence-corrected chi connectivity index (χ0v) is 19.7. The topological polar surface area (TPSA) is 89.8 Å². The van der Waals surface area contributed by atoms with E-state index in [9.17, 15) is 27.2 Å². The zero-order valence-electron chi connectivity index (χ0n) is 19.7. The molecule has 0 bridgehead atoms. The molecular formula is C25H22F5N7. The van der Waals surface area contributed by atoms with Gasteiger partial charge in [0.1, 0.15) is 24.0 Å². The van der Waals surface area contributed by atoms with Crippen molar-refractivity contribution in [2.75, 3.05) is 23.3 Å². The molecule has 0 spiro atoms. The van der Waals surface area contributed by atoms with Crippen molar-refractivity contribution < 1.29 is 22.0 Å². The minimum absolute atomic E-state index is 0.0614. The van der Waals surface area contributed by atoms with E-state index in [-0.39, 0.29) is 12.1 Å². The van der Waals surface area contributed by atoms with E-state index in [4.69, 9.17) is 0 Å². The minimum Gasteiger partial charge on any atom is -0.379 e. The van der Waals surface area contributed by atoms with Gasteiger partial charge < -0.3 is 15.5 Å². The quantitative estimate of drug-likeness (QED) is 0.414. The highest BCUT2D eigenvalue weighted by Crippen LogP contribution is 2.35. The molecule has 1 aliphatic rings. The first-order valence-electron chi connectivity index (χ1n) is 11.2. The standard InChI is InChI=1S/C25H22F5N7/c1-15(33-13-24(2,26)27)16-3-6-22(32-11-16)36-23-19-7-8-37(12-20(19)34-14-35-23)21-5-4-18(25(28,29)30)9-17(21)10-31/h3-6,9,11,14,33H,1,7-8,12-13H2,2H3,(H,32,34,35,36). The highest BCUT2D eigenvalue weighted by atomic mass is 19.4. The number of nitrogens with one attached hydrogen (secondary N) is 2. The Morgan fingerprint density at radius 1 is 1.14 bits per heavy atom. The first-order valence-corrected chi connectivity index (χ1v) is 11.2. The van der Waals surface area contributed by atoms with Crippen LogP contribution in [0.4, 0.5) is 39.3 Å². The van der Waals surface area contributed by atoms with E-state index in [2.05, 4.69) is 32.2 Å². The fraction of sp³-hybridized carbons (Fsp3) is 0.280. The molecule has 2 N–H and O–H groups in total. The van der Waals surface area contributed by atoms with Crippen molar-refractivity contribution >= 4 is 23.0 Å². The number of benzene rings is 1. The number of hydrogen-bond acceptors (Lipinski definition) is 7. The average Bonchev–Trinajstić information content (AvgIpc) is 2.86. The summed E-state index contributed by atoms with van der Waals surface area (Å²) < 4.78 is 65.3. The Kier molecular flexibility index (Phi) is 6.98. The SMILES string of the molecule is C=C(NCC(C)(F)F)c1ccc(Nc2ncnc3c2CCN(c2ccc(C(F)(F)F)cc2C#N)C3)nc1. The molecule has 2 aromatic heterocycles. The maximum absolute atomic E-state index is 13.1. The van der Waals surface area contributed by atoms with Crippen LogP contribution in [0.2, 0.25) is 0 Å². The Balaban J connectivity index is 1.48. The predicted molar refractivity (Wildman–Crippen MR) is 128 cm³/mol. The summed E-state index contributed by atoms with van der Waals surface area (Å²) in [6.45, 7) is 4.75. The molecule has 192 valence electrons. The van der Waals surface area contributed by atoms with Crippen LogP contribution < -0.4 is 15.5 Å². The third-order valence-corrected chi connectivity index (χ3v) is 5.76. The van der Waals surface area contributed by atoms with Crippen LogP contribution in [0, 0.1) is 11.3 Å². The molecule has 4 rings (SSSR count). The van der Waals surface area contributed by atoms with Crippen molar-refractivity contribution in [3.05, 3.63) is 77.4 Å². The minimum atomic E-state index is -4.54. The monoisotopic (exact) mass is 515 g/mol. The summed E-state index contributed by atoms with van der Waals surface area (Å²) in [5.41, 5.74) is 1.84. The Bertz CT molecular complexity index is 1340. The van der Waals surface area contributed by atoms with E-state index in [1.807, 2.05) is 11.0 Å².